The van der Waals surface area contributed by atoms with Gasteiger partial charge in [0.25, 0.3) is 5.91 Å². The van der Waals surface area contributed by atoms with Gasteiger partial charge in [-0.3, -0.25) is 4.79 Å². The maximum Gasteiger partial charge on any atom is 0.416 e. The van der Waals surface area contributed by atoms with Gasteiger partial charge in [-0.05, 0) is 59.5 Å². The smallest absolute Gasteiger partial charge is 0.348 e. The Hall–Kier alpha value is -0.830. The van der Waals surface area contributed by atoms with Crippen LogP contribution >= 0.6 is 22.6 Å². The van der Waals surface area contributed by atoms with Gasteiger partial charge in [-0.2, -0.15) is 13.2 Å². The van der Waals surface area contributed by atoms with Crippen molar-refractivity contribution in [1.82, 2.24) is 5.32 Å². The number of hydrogen-bond donors (Lipinski definition) is 2. The molecule has 1 atom stereocenters. The predicted octanol–water partition coefficient (Wildman–Crippen LogP) is 2.78. The van der Waals surface area contributed by atoms with Gasteiger partial charge in [-0.25, -0.2) is 0 Å². The summed E-state index contributed by atoms with van der Waals surface area (Å²) in [5.74, 6) is -0.148. The highest BCUT2D eigenvalue weighted by molar-refractivity contribution is 14.1. The lowest BCUT2D eigenvalue weighted by Gasteiger charge is -2.17. The Labute approximate surface area is 128 Å². The van der Waals surface area contributed by atoms with Gasteiger partial charge in [0, 0.05) is 21.7 Å². The molecule has 0 spiro atoms. The van der Waals surface area contributed by atoms with E-state index >= 15 is 0 Å². The molecule has 3 N–H and O–H groups in total. The number of carbonyl (C=O) groups excluding carboxylic acids is 1. The normalized spacial score (nSPS) is 16.9. The number of carbonyl (C=O) groups is 1. The predicted molar refractivity (Wildman–Crippen MR) is 77.2 cm³/mol. The third-order valence-corrected chi connectivity index (χ3v) is 3.87. The fraction of sp³-hybridized carbons (Fsp3) is 0.462. The first-order valence-electron chi connectivity index (χ1n) is 6.20. The van der Waals surface area contributed by atoms with Crippen molar-refractivity contribution in [2.75, 3.05) is 6.54 Å². The number of rotatable bonds is 4. The molecular weight excluding hydrogens is 384 g/mol. The highest BCUT2D eigenvalue weighted by Gasteiger charge is 2.33. The van der Waals surface area contributed by atoms with E-state index in [1.807, 2.05) is 0 Å². The van der Waals surface area contributed by atoms with Crippen LogP contribution in [0, 0.1) is 9.49 Å². The molecule has 1 saturated carbocycles. The minimum absolute atomic E-state index is 0.0170. The maximum absolute atomic E-state index is 12.7. The number of halogens is 4. The van der Waals surface area contributed by atoms with Crippen LogP contribution in [0.4, 0.5) is 13.2 Å². The molecule has 0 heterocycles. The van der Waals surface area contributed by atoms with Gasteiger partial charge < -0.3 is 11.1 Å². The standard InChI is InChI=1S/C13H14F3IN2O/c14-13(15,16)9-3-8(4-10(17)5-9)12(20)19-11(6-18)7-1-2-7/h3-5,7,11H,1-2,6,18H2,(H,19,20). The highest BCUT2D eigenvalue weighted by atomic mass is 127. The summed E-state index contributed by atoms with van der Waals surface area (Å²) in [4.78, 5) is 12.0. The van der Waals surface area contributed by atoms with Crippen LogP contribution < -0.4 is 11.1 Å². The number of nitrogens with one attached hydrogen (secondary N) is 1. The van der Waals surface area contributed by atoms with Crippen molar-refractivity contribution in [1.29, 1.82) is 0 Å². The molecule has 1 amide bonds. The minimum atomic E-state index is -4.46. The van der Waals surface area contributed by atoms with Gasteiger partial charge in [-0.15, -0.1) is 0 Å². The first-order chi connectivity index (χ1) is 9.31. The zero-order valence-electron chi connectivity index (χ0n) is 10.5. The largest absolute Gasteiger partial charge is 0.416 e. The summed E-state index contributed by atoms with van der Waals surface area (Å²) in [6, 6.07) is 3.16. The van der Waals surface area contributed by atoms with E-state index in [2.05, 4.69) is 5.32 Å². The van der Waals surface area contributed by atoms with Crippen LogP contribution in [0.15, 0.2) is 18.2 Å². The number of nitrogens with two attached hydrogens (primary N) is 1. The molecule has 0 aromatic heterocycles. The van der Waals surface area contributed by atoms with Gasteiger partial charge in [0.1, 0.15) is 0 Å². The third kappa shape index (κ3) is 3.85. The van der Waals surface area contributed by atoms with Crippen molar-refractivity contribution in [2.45, 2.75) is 25.1 Å². The molecule has 0 saturated heterocycles. The van der Waals surface area contributed by atoms with E-state index in [0.717, 1.165) is 25.0 Å². The molecule has 1 fully saturated rings. The summed E-state index contributed by atoms with van der Waals surface area (Å²) < 4.78 is 38.5. The van der Waals surface area contributed by atoms with Gasteiger partial charge in [0.15, 0.2) is 0 Å². The van der Waals surface area contributed by atoms with E-state index in [0.29, 0.717) is 16.0 Å². The molecule has 110 valence electrons. The molecule has 2 rings (SSSR count). The van der Waals surface area contributed by atoms with E-state index in [9.17, 15) is 18.0 Å². The Morgan fingerprint density at radius 2 is 2.05 bits per heavy atom. The van der Waals surface area contributed by atoms with Crippen LogP contribution in [0.25, 0.3) is 0 Å². The number of hydrogen-bond acceptors (Lipinski definition) is 2. The average molecular weight is 398 g/mol. The monoisotopic (exact) mass is 398 g/mol. The van der Waals surface area contributed by atoms with Gasteiger partial charge in [-0.1, -0.05) is 0 Å². The zero-order valence-corrected chi connectivity index (χ0v) is 12.7. The van der Waals surface area contributed by atoms with Crippen molar-refractivity contribution in [3.05, 3.63) is 32.9 Å². The van der Waals surface area contributed by atoms with E-state index in [1.165, 1.54) is 6.07 Å². The van der Waals surface area contributed by atoms with Crippen LogP contribution in [0.1, 0.15) is 28.8 Å². The summed E-state index contributed by atoms with van der Waals surface area (Å²) in [6.07, 6.45) is -2.45. The zero-order chi connectivity index (χ0) is 14.9. The fourth-order valence-corrected chi connectivity index (χ4v) is 2.67. The second kappa shape index (κ2) is 5.88. The van der Waals surface area contributed by atoms with Gasteiger partial charge in [0.05, 0.1) is 5.56 Å². The maximum atomic E-state index is 12.7. The average Bonchev–Trinajstić information content (AvgIpc) is 3.18. The van der Waals surface area contributed by atoms with Gasteiger partial charge in [0.2, 0.25) is 0 Å². The van der Waals surface area contributed by atoms with Crippen LogP contribution in [0.5, 0.6) is 0 Å². The van der Waals surface area contributed by atoms with Crippen molar-refractivity contribution >= 4 is 28.5 Å². The van der Waals surface area contributed by atoms with Crippen LogP contribution in [0.3, 0.4) is 0 Å². The summed E-state index contributed by atoms with van der Waals surface area (Å²) in [5, 5.41) is 2.72. The Morgan fingerprint density at radius 3 is 2.55 bits per heavy atom. The Balaban J connectivity index is 2.18. The van der Waals surface area contributed by atoms with Crippen molar-refractivity contribution in [2.24, 2.45) is 11.7 Å². The van der Waals surface area contributed by atoms with E-state index in [1.54, 1.807) is 22.6 Å². The SMILES string of the molecule is NCC(NC(=O)c1cc(I)cc(C(F)(F)F)c1)C1CC1. The summed E-state index contributed by atoms with van der Waals surface area (Å²) in [5.41, 5.74) is 4.78. The lowest BCUT2D eigenvalue weighted by atomic mass is 10.1. The second-order valence-electron chi connectivity index (χ2n) is 4.88. The van der Waals surface area contributed by atoms with Crippen LogP contribution in [-0.2, 0) is 6.18 Å². The first-order valence-corrected chi connectivity index (χ1v) is 7.28. The summed E-state index contributed by atoms with van der Waals surface area (Å²) in [6.45, 7) is 0.298. The van der Waals surface area contributed by atoms with Crippen molar-refractivity contribution in [3.63, 3.8) is 0 Å². The van der Waals surface area contributed by atoms with Crippen LogP contribution in [0.2, 0.25) is 0 Å². The van der Waals surface area contributed by atoms with E-state index < -0.39 is 17.6 Å². The van der Waals surface area contributed by atoms with E-state index in [4.69, 9.17) is 5.73 Å². The van der Waals surface area contributed by atoms with Gasteiger partial charge >= 0.3 is 6.18 Å². The Bertz CT molecular complexity index is 515. The van der Waals surface area contributed by atoms with E-state index in [-0.39, 0.29) is 11.6 Å². The third-order valence-electron chi connectivity index (χ3n) is 3.25. The molecule has 1 unspecified atom stereocenters. The molecule has 0 bridgehead atoms. The second-order valence-corrected chi connectivity index (χ2v) is 6.13. The topological polar surface area (TPSA) is 55.1 Å². The van der Waals surface area contributed by atoms with Crippen LogP contribution in [-0.4, -0.2) is 18.5 Å². The minimum Gasteiger partial charge on any atom is -0.348 e. The molecule has 0 radical (unpaired) electrons. The molecular formula is C13H14F3IN2O. The molecule has 1 aliphatic carbocycles. The molecule has 7 heteroatoms. The quantitative estimate of drug-likeness (QED) is 0.767. The molecule has 0 aliphatic heterocycles. The summed E-state index contributed by atoms with van der Waals surface area (Å²) >= 11 is 1.77. The lowest BCUT2D eigenvalue weighted by molar-refractivity contribution is -0.137. The molecule has 1 aliphatic rings. The number of alkyl halides is 3. The highest BCUT2D eigenvalue weighted by Crippen LogP contribution is 2.33. The van der Waals surface area contributed by atoms with Crippen molar-refractivity contribution < 1.29 is 18.0 Å². The Morgan fingerprint density at radius 1 is 1.40 bits per heavy atom. The Kier molecular flexibility index (Phi) is 4.58. The molecule has 3 nitrogen and oxygen atoms in total. The molecule has 1 aromatic rings. The number of amides is 1. The lowest BCUT2D eigenvalue weighted by Crippen LogP contribution is -2.41. The first kappa shape index (κ1) is 15.6. The van der Waals surface area contributed by atoms with Crippen molar-refractivity contribution in [3.8, 4) is 0 Å². The number of benzene rings is 1. The fourth-order valence-electron chi connectivity index (χ4n) is 2.00. The summed E-state index contributed by atoms with van der Waals surface area (Å²) in [7, 11) is 0. The molecule has 1 aromatic carbocycles. The molecule has 20 heavy (non-hydrogen) atoms.